The Balaban J connectivity index is 1.47. The third-order valence-electron chi connectivity index (χ3n) is 5.71. The Hall–Kier alpha value is -0.830. The van der Waals surface area contributed by atoms with Crippen molar-refractivity contribution < 1.29 is 0 Å². The van der Waals surface area contributed by atoms with Crippen molar-refractivity contribution in [1.29, 1.82) is 0 Å². The summed E-state index contributed by atoms with van der Waals surface area (Å²) in [4.78, 5) is 2.76. The molecule has 110 valence electrons. The van der Waals surface area contributed by atoms with Gasteiger partial charge in [0.2, 0.25) is 0 Å². The van der Waals surface area contributed by atoms with E-state index in [1.807, 2.05) is 0 Å². The van der Waals surface area contributed by atoms with Gasteiger partial charge in [0, 0.05) is 37.2 Å². The van der Waals surface area contributed by atoms with Crippen LogP contribution in [0.2, 0.25) is 0 Å². The van der Waals surface area contributed by atoms with Gasteiger partial charge in [-0.2, -0.15) is 5.10 Å². The number of rotatable bonds is 2. The molecule has 0 spiro atoms. The summed E-state index contributed by atoms with van der Waals surface area (Å²) in [6.07, 6.45) is 9.29. The fourth-order valence-corrected chi connectivity index (χ4v) is 4.30. The summed E-state index contributed by atoms with van der Waals surface area (Å²) >= 11 is 0. The quantitative estimate of drug-likeness (QED) is 0.897. The van der Waals surface area contributed by atoms with Gasteiger partial charge in [-0.15, -0.1) is 0 Å². The van der Waals surface area contributed by atoms with Gasteiger partial charge >= 0.3 is 0 Å². The van der Waals surface area contributed by atoms with Crippen molar-refractivity contribution in [1.82, 2.24) is 15.1 Å². The first-order valence-electron chi connectivity index (χ1n) is 8.42. The molecular formula is C17H27N3. The monoisotopic (exact) mass is 273 g/mol. The van der Waals surface area contributed by atoms with Crippen molar-refractivity contribution in [3.05, 3.63) is 17.0 Å². The van der Waals surface area contributed by atoms with Crippen molar-refractivity contribution >= 4 is 0 Å². The maximum absolute atomic E-state index is 4.60. The Labute approximate surface area is 122 Å². The SMILES string of the molecule is CC1(C)CCC(N2CCc3[nH]nc(C4CC4)c3CC2)C1. The summed E-state index contributed by atoms with van der Waals surface area (Å²) in [5.74, 6) is 0.784. The van der Waals surface area contributed by atoms with E-state index in [0.717, 1.165) is 12.0 Å². The number of aromatic nitrogens is 2. The molecule has 3 heteroatoms. The molecule has 0 amide bonds. The van der Waals surface area contributed by atoms with Crippen LogP contribution >= 0.6 is 0 Å². The van der Waals surface area contributed by atoms with E-state index in [2.05, 4.69) is 28.9 Å². The Morgan fingerprint density at radius 1 is 1.15 bits per heavy atom. The number of nitrogens with one attached hydrogen (secondary N) is 1. The molecular weight excluding hydrogens is 246 g/mol. The van der Waals surface area contributed by atoms with Crippen LogP contribution in [0, 0.1) is 5.41 Å². The zero-order chi connectivity index (χ0) is 13.7. The van der Waals surface area contributed by atoms with Gasteiger partial charge in [-0.1, -0.05) is 13.8 Å². The molecule has 1 unspecified atom stereocenters. The molecule has 2 saturated carbocycles. The first-order chi connectivity index (χ1) is 9.62. The number of fused-ring (bicyclic) bond motifs is 1. The van der Waals surface area contributed by atoms with E-state index in [-0.39, 0.29) is 0 Å². The van der Waals surface area contributed by atoms with Gasteiger partial charge in [0.1, 0.15) is 0 Å². The van der Waals surface area contributed by atoms with Crippen LogP contribution < -0.4 is 0 Å². The maximum Gasteiger partial charge on any atom is 0.0688 e. The average molecular weight is 273 g/mol. The fourth-order valence-electron chi connectivity index (χ4n) is 4.30. The van der Waals surface area contributed by atoms with Crippen molar-refractivity contribution in [2.24, 2.45) is 5.41 Å². The molecule has 0 bridgehead atoms. The van der Waals surface area contributed by atoms with E-state index < -0.39 is 0 Å². The van der Waals surface area contributed by atoms with Gasteiger partial charge in [-0.3, -0.25) is 10.00 Å². The Morgan fingerprint density at radius 2 is 1.95 bits per heavy atom. The first kappa shape index (κ1) is 12.9. The molecule has 0 radical (unpaired) electrons. The number of aromatic amines is 1. The van der Waals surface area contributed by atoms with Crippen LogP contribution in [0.4, 0.5) is 0 Å². The molecule has 1 aromatic rings. The molecule has 2 fully saturated rings. The van der Waals surface area contributed by atoms with E-state index in [1.54, 1.807) is 5.56 Å². The molecule has 3 aliphatic rings. The highest BCUT2D eigenvalue weighted by molar-refractivity contribution is 5.32. The third-order valence-corrected chi connectivity index (χ3v) is 5.71. The van der Waals surface area contributed by atoms with Gasteiger partial charge in [0.25, 0.3) is 0 Å². The standard InChI is InChI=1S/C17H27N3/c1-17(2)8-5-13(11-17)20-9-6-14-15(7-10-20)18-19-16(14)12-3-4-12/h12-13H,3-11H2,1-2H3,(H,18,19). The number of hydrogen-bond acceptors (Lipinski definition) is 2. The van der Waals surface area contributed by atoms with E-state index in [4.69, 9.17) is 0 Å². The lowest BCUT2D eigenvalue weighted by atomic mass is 9.91. The van der Waals surface area contributed by atoms with Crippen molar-refractivity contribution in [2.75, 3.05) is 13.1 Å². The zero-order valence-electron chi connectivity index (χ0n) is 12.9. The van der Waals surface area contributed by atoms with Gasteiger partial charge < -0.3 is 0 Å². The maximum atomic E-state index is 4.60. The lowest BCUT2D eigenvalue weighted by Gasteiger charge is -2.28. The summed E-state index contributed by atoms with van der Waals surface area (Å²) in [6.45, 7) is 7.33. The summed E-state index contributed by atoms with van der Waals surface area (Å²) < 4.78 is 0. The highest BCUT2D eigenvalue weighted by Crippen LogP contribution is 2.43. The first-order valence-corrected chi connectivity index (χ1v) is 8.42. The second-order valence-electron chi connectivity index (χ2n) is 7.94. The van der Waals surface area contributed by atoms with E-state index in [0.29, 0.717) is 5.41 Å². The zero-order valence-corrected chi connectivity index (χ0v) is 12.9. The minimum Gasteiger partial charge on any atom is -0.300 e. The van der Waals surface area contributed by atoms with Crippen LogP contribution in [0.5, 0.6) is 0 Å². The number of hydrogen-bond donors (Lipinski definition) is 1. The number of nitrogens with zero attached hydrogens (tertiary/aromatic N) is 2. The highest BCUT2D eigenvalue weighted by Gasteiger charge is 2.36. The minimum absolute atomic E-state index is 0.562. The lowest BCUT2D eigenvalue weighted by Crippen LogP contribution is -2.36. The smallest absolute Gasteiger partial charge is 0.0688 e. The van der Waals surface area contributed by atoms with Crippen LogP contribution in [0.1, 0.15) is 68.8 Å². The van der Waals surface area contributed by atoms with Crippen LogP contribution in [-0.4, -0.2) is 34.2 Å². The lowest BCUT2D eigenvalue weighted by molar-refractivity contribution is 0.194. The predicted molar refractivity (Wildman–Crippen MR) is 81.0 cm³/mol. The molecule has 0 saturated heterocycles. The van der Waals surface area contributed by atoms with E-state index in [1.165, 1.54) is 69.4 Å². The molecule has 1 N–H and O–H groups in total. The molecule has 0 aromatic carbocycles. The molecule has 20 heavy (non-hydrogen) atoms. The Kier molecular flexibility index (Phi) is 2.95. The summed E-state index contributed by atoms with van der Waals surface area (Å²) in [6, 6.07) is 0.825. The average Bonchev–Trinajstić information content (AvgIpc) is 3.13. The highest BCUT2D eigenvalue weighted by atomic mass is 15.2. The second-order valence-corrected chi connectivity index (χ2v) is 7.94. The summed E-state index contributed by atoms with van der Waals surface area (Å²) in [5, 5.41) is 7.94. The fraction of sp³-hybridized carbons (Fsp3) is 0.824. The van der Waals surface area contributed by atoms with Gasteiger partial charge in [0.15, 0.2) is 0 Å². The summed E-state index contributed by atoms with van der Waals surface area (Å²) in [7, 11) is 0. The molecule has 4 rings (SSSR count). The van der Waals surface area contributed by atoms with Crippen LogP contribution in [0.25, 0.3) is 0 Å². The third kappa shape index (κ3) is 2.30. The van der Waals surface area contributed by atoms with Crippen molar-refractivity contribution in [3.8, 4) is 0 Å². The largest absolute Gasteiger partial charge is 0.300 e. The van der Waals surface area contributed by atoms with Gasteiger partial charge in [-0.05, 0) is 49.5 Å². The Bertz CT molecular complexity index is 498. The predicted octanol–water partition coefficient (Wildman–Crippen LogP) is 3.27. The minimum atomic E-state index is 0.562. The molecule has 2 aliphatic carbocycles. The van der Waals surface area contributed by atoms with Crippen LogP contribution in [0.15, 0.2) is 0 Å². The molecule has 1 atom stereocenters. The molecule has 1 aliphatic heterocycles. The topological polar surface area (TPSA) is 31.9 Å². The molecule has 1 aromatic heterocycles. The Morgan fingerprint density at radius 3 is 2.65 bits per heavy atom. The second kappa shape index (κ2) is 4.59. The van der Waals surface area contributed by atoms with Crippen LogP contribution in [-0.2, 0) is 12.8 Å². The number of H-pyrrole nitrogens is 1. The summed E-state index contributed by atoms with van der Waals surface area (Å²) in [5.41, 5.74) is 4.99. The van der Waals surface area contributed by atoms with E-state index >= 15 is 0 Å². The molecule has 2 heterocycles. The van der Waals surface area contributed by atoms with Crippen LogP contribution in [0.3, 0.4) is 0 Å². The van der Waals surface area contributed by atoms with Gasteiger partial charge in [0.05, 0.1) is 5.69 Å². The van der Waals surface area contributed by atoms with E-state index in [9.17, 15) is 0 Å². The van der Waals surface area contributed by atoms with Gasteiger partial charge in [-0.25, -0.2) is 0 Å². The normalized spacial score (nSPS) is 30.2. The van der Waals surface area contributed by atoms with Crippen molar-refractivity contribution in [3.63, 3.8) is 0 Å². The van der Waals surface area contributed by atoms with Crippen molar-refractivity contribution in [2.45, 2.75) is 70.8 Å². The molecule has 3 nitrogen and oxygen atoms in total.